The van der Waals surface area contributed by atoms with Crippen LogP contribution in [0.25, 0.3) is 5.69 Å². The van der Waals surface area contributed by atoms with Crippen molar-refractivity contribution < 1.29 is 9.18 Å². The van der Waals surface area contributed by atoms with Crippen molar-refractivity contribution in [2.75, 3.05) is 0 Å². The number of thioether (sulfide) groups is 1. The number of benzene rings is 3. The Hall–Kier alpha value is -3.16. The van der Waals surface area contributed by atoms with Crippen LogP contribution < -0.4 is 5.32 Å². The zero-order valence-corrected chi connectivity index (χ0v) is 22.7. The summed E-state index contributed by atoms with van der Waals surface area (Å²) in [6.45, 7) is 6.05. The van der Waals surface area contributed by atoms with Crippen LogP contribution in [0.15, 0.2) is 71.9 Å². The Bertz CT molecular complexity index is 1360. The molecule has 0 radical (unpaired) electrons. The summed E-state index contributed by atoms with van der Waals surface area (Å²) in [5.74, 6) is 0.740. The summed E-state index contributed by atoms with van der Waals surface area (Å²) >= 11 is 7.84. The molecule has 0 aliphatic rings. The van der Waals surface area contributed by atoms with E-state index in [0.29, 0.717) is 27.3 Å². The van der Waals surface area contributed by atoms with E-state index in [9.17, 15) is 9.18 Å². The van der Waals surface area contributed by atoms with Gasteiger partial charge in [0, 0.05) is 16.3 Å². The molecule has 192 valence electrons. The average molecular weight is 537 g/mol. The average Bonchev–Trinajstić information content (AvgIpc) is 3.32. The van der Waals surface area contributed by atoms with E-state index in [1.165, 1.54) is 29.5 Å². The molecule has 1 aromatic heterocycles. The fourth-order valence-electron chi connectivity index (χ4n) is 3.98. The Morgan fingerprint density at radius 3 is 2.46 bits per heavy atom. The van der Waals surface area contributed by atoms with Crippen LogP contribution >= 0.6 is 23.4 Å². The summed E-state index contributed by atoms with van der Waals surface area (Å²) < 4.78 is 15.3. The van der Waals surface area contributed by atoms with E-state index in [2.05, 4.69) is 22.4 Å². The molecule has 0 bridgehead atoms. The number of halogens is 2. The topological polar surface area (TPSA) is 59.8 Å². The summed E-state index contributed by atoms with van der Waals surface area (Å²) in [4.78, 5) is 13.0. The summed E-state index contributed by atoms with van der Waals surface area (Å²) in [5.41, 5.74) is 4.63. The van der Waals surface area contributed by atoms with Gasteiger partial charge in [-0.2, -0.15) is 0 Å². The van der Waals surface area contributed by atoms with Crippen LogP contribution in [0.2, 0.25) is 5.02 Å². The Balaban J connectivity index is 1.59. The zero-order chi connectivity index (χ0) is 26.4. The Kier molecular flexibility index (Phi) is 9.00. The Morgan fingerprint density at radius 1 is 1.05 bits per heavy atom. The van der Waals surface area contributed by atoms with E-state index in [0.717, 1.165) is 36.1 Å². The second-order valence-electron chi connectivity index (χ2n) is 9.02. The number of unbranched alkanes of at least 4 members (excludes halogenated alkanes) is 1. The number of hydrogen-bond donors (Lipinski definition) is 1. The lowest BCUT2D eigenvalue weighted by Gasteiger charge is -2.18. The van der Waals surface area contributed by atoms with E-state index >= 15 is 0 Å². The largest absolute Gasteiger partial charge is 0.342 e. The second-order valence-corrected chi connectivity index (χ2v) is 10.4. The molecule has 3 aromatic carbocycles. The smallest absolute Gasteiger partial charge is 0.251 e. The van der Waals surface area contributed by atoms with Crippen LogP contribution in [-0.2, 0) is 12.2 Å². The SMILES string of the molecule is CCCCc1ccc(C(=O)NC(C)c2nnc(SCc3ccc(F)cc3)n2-c2cc(Cl)ccc2C)cc1. The van der Waals surface area contributed by atoms with Crippen molar-refractivity contribution in [3.05, 3.63) is 106 Å². The highest BCUT2D eigenvalue weighted by Gasteiger charge is 2.23. The predicted molar refractivity (Wildman–Crippen MR) is 148 cm³/mol. The molecule has 0 saturated carbocycles. The number of aromatic nitrogens is 3. The minimum atomic E-state index is -0.418. The number of carbonyl (C=O) groups is 1. The van der Waals surface area contributed by atoms with Crippen LogP contribution in [0.4, 0.5) is 4.39 Å². The molecule has 4 aromatic rings. The molecule has 0 saturated heterocycles. The maximum absolute atomic E-state index is 13.3. The van der Waals surface area contributed by atoms with Gasteiger partial charge in [0.05, 0.1) is 11.7 Å². The molecule has 0 aliphatic carbocycles. The fourth-order valence-corrected chi connectivity index (χ4v) is 5.06. The first kappa shape index (κ1) is 26.9. The first-order valence-corrected chi connectivity index (χ1v) is 13.7. The van der Waals surface area contributed by atoms with Gasteiger partial charge in [0.1, 0.15) is 5.82 Å². The summed E-state index contributed by atoms with van der Waals surface area (Å²) in [7, 11) is 0. The van der Waals surface area contributed by atoms with Crippen molar-refractivity contribution in [3.8, 4) is 5.69 Å². The molecular weight excluding hydrogens is 507 g/mol. The number of carbonyl (C=O) groups excluding carboxylic acids is 1. The van der Waals surface area contributed by atoms with Crippen molar-refractivity contribution in [3.63, 3.8) is 0 Å². The highest BCUT2D eigenvalue weighted by Crippen LogP contribution is 2.30. The van der Waals surface area contributed by atoms with Gasteiger partial charge in [-0.15, -0.1) is 10.2 Å². The molecule has 1 N–H and O–H groups in total. The number of hydrogen-bond acceptors (Lipinski definition) is 4. The molecule has 4 rings (SSSR count). The minimum absolute atomic E-state index is 0.174. The van der Waals surface area contributed by atoms with E-state index < -0.39 is 6.04 Å². The van der Waals surface area contributed by atoms with Crippen LogP contribution in [-0.4, -0.2) is 20.7 Å². The van der Waals surface area contributed by atoms with E-state index in [4.69, 9.17) is 11.6 Å². The van der Waals surface area contributed by atoms with Crippen LogP contribution in [0, 0.1) is 12.7 Å². The van der Waals surface area contributed by atoms with Crippen LogP contribution in [0.1, 0.15) is 65.6 Å². The van der Waals surface area contributed by atoms with Gasteiger partial charge in [0.2, 0.25) is 0 Å². The third-order valence-corrected chi connectivity index (χ3v) is 7.36. The molecule has 1 heterocycles. The summed E-state index contributed by atoms with van der Waals surface area (Å²) in [6.07, 6.45) is 3.27. The number of amides is 1. The molecular formula is C29H30ClFN4OS. The number of rotatable bonds is 10. The van der Waals surface area contributed by atoms with Gasteiger partial charge in [-0.3, -0.25) is 9.36 Å². The van der Waals surface area contributed by atoms with Gasteiger partial charge < -0.3 is 5.32 Å². The monoisotopic (exact) mass is 536 g/mol. The third kappa shape index (κ3) is 6.79. The Labute approximate surface area is 226 Å². The Morgan fingerprint density at radius 2 is 1.76 bits per heavy atom. The lowest BCUT2D eigenvalue weighted by molar-refractivity contribution is 0.0938. The minimum Gasteiger partial charge on any atom is -0.342 e. The predicted octanol–water partition coefficient (Wildman–Crippen LogP) is 7.49. The second kappa shape index (κ2) is 12.4. The highest BCUT2D eigenvalue weighted by molar-refractivity contribution is 7.98. The van der Waals surface area contributed by atoms with Gasteiger partial charge in [-0.1, -0.05) is 67.0 Å². The van der Waals surface area contributed by atoms with Crippen LogP contribution in [0.5, 0.6) is 0 Å². The maximum atomic E-state index is 13.3. The number of nitrogens with zero attached hydrogens (tertiary/aromatic N) is 3. The first-order valence-electron chi connectivity index (χ1n) is 12.3. The van der Waals surface area contributed by atoms with Crippen molar-refractivity contribution in [1.29, 1.82) is 0 Å². The fraction of sp³-hybridized carbons (Fsp3) is 0.276. The molecule has 0 spiro atoms. The third-order valence-electron chi connectivity index (χ3n) is 6.12. The molecule has 1 amide bonds. The van der Waals surface area contributed by atoms with Gasteiger partial charge >= 0.3 is 0 Å². The van der Waals surface area contributed by atoms with E-state index in [1.807, 2.05) is 60.9 Å². The van der Waals surface area contributed by atoms with Crippen molar-refractivity contribution >= 4 is 29.3 Å². The van der Waals surface area contributed by atoms with Gasteiger partial charge in [0.25, 0.3) is 5.91 Å². The standard InChI is InChI=1S/C29H30ClFN4OS/c1-4-5-6-21-8-12-23(13-9-21)28(36)32-20(3)27-33-34-29(37-18-22-10-15-25(31)16-11-22)35(27)26-17-24(30)14-7-19(26)2/h7-17,20H,4-6,18H2,1-3H3,(H,32,36). The van der Waals surface area contributed by atoms with Crippen molar-refractivity contribution in [1.82, 2.24) is 20.1 Å². The molecule has 5 nitrogen and oxygen atoms in total. The zero-order valence-electron chi connectivity index (χ0n) is 21.2. The molecule has 8 heteroatoms. The van der Waals surface area contributed by atoms with E-state index in [-0.39, 0.29) is 11.7 Å². The molecule has 1 atom stereocenters. The molecule has 37 heavy (non-hydrogen) atoms. The number of nitrogens with one attached hydrogen (secondary N) is 1. The summed E-state index contributed by atoms with van der Waals surface area (Å²) in [5, 5.41) is 13.2. The van der Waals surface area contributed by atoms with Crippen molar-refractivity contribution in [2.45, 2.75) is 57.0 Å². The lowest BCUT2D eigenvalue weighted by atomic mass is 10.1. The van der Waals surface area contributed by atoms with Gasteiger partial charge in [-0.05, 0) is 79.8 Å². The quantitative estimate of drug-likeness (QED) is 0.213. The molecule has 0 aliphatic heterocycles. The van der Waals surface area contributed by atoms with Crippen molar-refractivity contribution in [2.24, 2.45) is 0 Å². The summed E-state index contributed by atoms with van der Waals surface area (Å²) in [6, 6.07) is 19.4. The molecule has 1 unspecified atom stereocenters. The first-order chi connectivity index (χ1) is 17.9. The number of aryl methyl sites for hydroxylation is 2. The normalized spacial score (nSPS) is 11.9. The van der Waals surface area contributed by atoms with E-state index in [1.54, 1.807) is 12.1 Å². The maximum Gasteiger partial charge on any atom is 0.251 e. The van der Waals surface area contributed by atoms with Gasteiger partial charge in [0.15, 0.2) is 11.0 Å². The lowest BCUT2D eigenvalue weighted by Crippen LogP contribution is -2.28. The highest BCUT2D eigenvalue weighted by atomic mass is 35.5. The van der Waals surface area contributed by atoms with Gasteiger partial charge in [-0.25, -0.2) is 4.39 Å². The molecule has 0 fully saturated rings. The van der Waals surface area contributed by atoms with Crippen LogP contribution in [0.3, 0.4) is 0 Å².